The van der Waals surface area contributed by atoms with Crippen LogP contribution in [0.4, 0.5) is 49.1 Å². The Bertz CT molecular complexity index is 5580. The molecule has 4 heterocycles. The van der Waals surface area contributed by atoms with Gasteiger partial charge in [0.05, 0.1) is 22.7 Å². The van der Waals surface area contributed by atoms with E-state index >= 15 is 4.39 Å². The first-order valence-electron chi connectivity index (χ1n) is 45.1. The Hall–Kier alpha value is -12.8. The van der Waals surface area contributed by atoms with Gasteiger partial charge in [0, 0.05) is 134 Å². The van der Waals surface area contributed by atoms with Gasteiger partial charge < -0.3 is 19.6 Å². The molecule has 0 spiro atoms. The molecule has 14 nitrogen and oxygen atoms in total. The van der Waals surface area contributed by atoms with Crippen LogP contribution in [0.2, 0.25) is 0 Å². The molecule has 2 saturated carbocycles. The number of benzene rings is 8. The highest BCUT2D eigenvalue weighted by Gasteiger charge is 2.46. The van der Waals surface area contributed by atoms with Gasteiger partial charge in [0.2, 0.25) is 23.7 Å². The molecular weight excluding hydrogens is 1640 g/mol. The maximum Gasteiger partial charge on any atom is 0.226 e. The third-order valence-corrected chi connectivity index (χ3v) is 24.7. The van der Waals surface area contributed by atoms with E-state index < -0.39 is 23.5 Å². The molecule has 2 amide bonds. The Morgan fingerprint density at radius 1 is 0.338 bits per heavy atom. The van der Waals surface area contributed by atoms with Crippen LogP contribution in [0.25, 0.3) is 44.5 Å². The first-order chi connectivity index (χ1) is 62.2. The molecule has 20 heteroatoms. The highest BCUT2D eigenvalue weighted by molar-refractivity contribution is 5.99. The second-order valence-electron chi connectivity index (χ2n) is 34.8. The second-order valence-corrected chi connectivity index (χ2v) is 34.8. The van der Waals surface area contributed by atoms with Gasteiger partial charge in [-0.25, -0.2) is 27.5 Å². The van der Waals surface area contributed by atoms with E-state index in [4.69, 9.17) is 0 Å². The first kappa shape index (κ1) is 97.8. The molecule has 12 aromatic rings. The van der Waals surface area contributed by atoms with E-state index in [1.165, 1.54) is 40.3 Å². The summed E-state index contributed by atoms with van der Waals surface area (Å²) in [6.07, 6.45) is 14.2. The molecule has 676 valence electrons. The lowest BCUT2D eigenvalue weighted by molar-refractivity contribution is -0.119. The number of pyridine rings is 4. The minimum Gasteiger partial charge on any atom is -0.367 e. The quantitative estimate of drug-likeness (QED) is 0.0213. The number of aryl methyl sites for hydroxylation is 8. The predicted octanol–water partition coefficient (Wildman–Crippen LogP) is 25.9. The van der Waals surface area contributed by atoms with Gasteiger partial charge in [0.15, 0.2) is 23.1 Å². The normalized spacial score (nSPS) is 12.6. The van der Waals surface area contributed by atoms with Crippen molar-refractivity contribution < 1.29 is 55.1 Å². The molecule has 0 atom stereocenters. The smallest absolute Gasteiger partial charge is 0.226 e. The van der Waals surface area contributed by atoms with Crippen molar-refractivity contribution in [1.82, 2.24) is 19.9 Å². The van der Waals surface area contributed by atoms with Crippen molar-refractivity contribution in [1.29, 1.82) is 0 Å². The molecule has 0 unspecified atom stereocenters. The molecule has 0 bridgehead atoms. The van der Waals surface area contributed by atoms with Crippen LogP contribution in [0.15, 0.2) is 231 Å². The number of amides is 2. The number of rotatable bonds is 34. The molecule has 0 aliphatic heterocycles. The van der Waals surface area contributed by atoms with Crippen molar-refractivity contribution in [2.75, 3.05) is 46.8 Å². The average Bonchev–Trinajstić information content (AvgIpc) is 1.62. The van der Waals surface area contributed by atoms with Crippen LogP contribution in [0.3, 0.4) is 0 Å². The Morgan fingerprint density at radius 3 is 0.923 bits per heavy atom. The van der Waals surface area contributed by atoms with Crippen LogP contribution in [-0.2, 0) is 35.3 Å². The van der Waals surface area contributed by atoms with E-state index in [0.29, 0.717) is 127 Å². The monoisotopic (exact) mass is 1760 g/mol. The molecule has 4 aromatic heterocycles. The third-order valence-electron chi connectivity index (χ3n) is 24.7. The van der Waals surface area contributed by atoms with E-state index in [2.05, 4.69) is 43.6 Å². The Kier molecular flexibility index (Phi) is 33.8. The molecule has 14 rings (SSSR count). The fraction of sp³-hybridized carbons (Fsp3) is 0.327. The number of nitrogens with zero attached hydrogens (tertiary/aromatic N) is 8. The predicted molar refractivity (Wildman–Crippen MR) is 510 cm³/mol. The van der Waals surface area contributed by atoms with Crippen molar-refractivity contribution in [3.05, 3.63) is 333 Å². The second kappa shape index (κ2) is 44.9. The lowest BCUT2D eigenvalue weighted by atomic mass is 9.98. The fourth-order valence-electron chi connectivity index (χ4n) is 16.1. The van der Waals surface area contributed by atoms with Crippen molar-refractivity contribution in [3.63, 3.8) is 0 Å². The van der Waals surface area contributed by atoms with E-state index in [-0.39, 0.29) is 81.6 Å². The summed E-state index contributed by atoms with van der Waals surface area (Å²) in [6, 6.07) is 63.4. The molecule has 0 saturated heterocycles. The number of ketones is 4. The van der Waals surface area contributed by atoms with Gasteiger partial charge in [-0.15, -0.1) is 0 Å². The SMILES string of the molecule is CCC(=O)N(CC(C)C)c1ccc(-c2ccc(C(=O)CCc3ccc(C)nc3C)cc2)cc1F.CCC(=O)N(CC(C)C)c1ccc(-c2ccc(C(=O)CCc3ccc(F)nc3C)cc2)cc1F.CCC1(N(C)c2ccc(-c3ccc(C(=O)CCc4ccc(C)nc4)cc3)cc2F)CC1.CCC1(N(C)c2ccc(-c3ccc(C(=O)CCc4ccc(F)nc4)cc3)cc2F)CC1. The number of carbonyl (C=O) groups is 6. The van der Waals surface area contributed by atoms with E-state index in [0.717, 1.165) is 111 Å². The summed E-state index contributed by atoms with van der Waals surface area (Å²) in [7, 11) is 3.96. The molecule has 0 radical (unpaired) electrons. The van der Waals surface area contributed by atoms with Crippen LogP contribution in [0.5, 0.6) is 0 Å². The molecule has 130 heavy (non-hydrogen) atoms. The van der Waals surface area contributed by atoms with Crippen LogP contribution in [-0.4, -0.2) is 93.1 Å². The Labute approximate surface area is 761 Å². The first-order valence-corrected chi connectivity index (χ1v) is 45.1. The lowest BCUT2D eigenvalue weighted by Gasteiger charge is -2.29. The number of hydrogen-bond donors (Lipinski definition) is 0. The summed E-state index contributed by atoms with van der Waals surface area (Å²) in [6.45, 7) is 24.4. The van der Waals surface area contributed by atoms with Crippen molar-refractivity contribution >= 4 is 57.7 Å². The van der Waals surface area contributed by atoms with Crippen molar-refractivity contribution in [2.24, 2.45) is 11.8 Å². The molecule has 0 N–H and O–H groups in total. The molecule has 2 aliphatic carbocycles. The van der Waals surface area contributed by atoms with Crippen LogP contribution in [0, 0.1) is 74.7 Å². The average molecular weight is 1760 g/mol. The van der Waals surface area contributed by atoms with Gasteiger partial charge in [0.25, 0.3) is 0 Å². The largest absolute Gasteiger partial charge is 0.367 e. The van der Waals surface area contributed by atoms with Gasteiger partial charge >= 0.3 is 0 Å². The zero-order valence-corrected chi connectivity index (χ0v) is 77.1. The van der Waals surface area contributed by atoms with Crippen molar-refractivity contribution in [2.45, 2.75) is 197 Å². The number of carbonyl (C=O) groups excluding carboxylic acids is 6. The summed E-state index contributed by atoms with van der Waals surface area (Å²) in [5.74, 6) is -2.00. The lowest BCUT2D eigenvalue weighted by Crippen LogP contribution is -2.34. The highest BCUT2D eigenvalue weighted by atomic mass is 19.1. The summed E-state index contributed by atoms with van der Waals surface area (Å²) in [4.78, 5) is 98.3. The number of hydrogen-bond acceptors (Lipinski definition) is 12. The Morgan fingerprint density at radius 2 is 0.638 bits per heavy atom. The topological polar surface area (TPSA) is 167 Å². The van der Waals surface area contributed by atoms with E-state index in [1.54, 1.807) is 112 Å². The number of anilines is 4. The maximum absolute atomic E-state index is 15.0. The van der Waals surface area contributed by atoms with Crippen LogP contribution in [0.1, 0.15) is 219 Å². The zero-order valence-electron chi connectivity index (χ0n) is 77.1. The van der Waals surface area contributed by atoms with E-state index in [9.17, 15) is 50.7 Å². The summed E-state index contributed by atoms with van der Waals surface area (Å²) in [5, 5.41) is 0. The van der Waals surface area contributed by atoms with Crippen LogP contribution < -0.4 is 19.6 Å². The van der Waals surface area contributed by atoms with Gasteiger partial charge in [-0.2, -0.15) is 8.78 Å². The molecule has 8 aromatic carbocycles. The maximum atomic E-state index is 15.0. The summed E-state index contributed by atoms with van der Waals surface area (Å²) in [5.41, 5.74) is 18.2. The third kappa shape index (κ3) is 25.8. The molecular formula is C110H118F6N8O6. The fourth-order valence-corrected chi connectivity index (χ4v) is 16.1. The van der Waals surface area contributed by atoms with Gasteiger partial charge in [-0.3, -0.25) is 38.7 Å². The number of aromatic nitrogens is 4. The van der Waals surface area contributed by atoms with Gasteiger partial charge in [-0.05, 0) is 243 Å². The minimum atomic E-state index is -0.530. The molecule has 2 aliphatic rings. The highest BCUT2D eigenvalue weighted by Crippen LogP contribution is 2.48. The van der Waals surface area contributed by atoms with E-state index in [1.807, 2.05) is 172 Å². The van der Waals surface area contributed by atoms with Crippen LogP contribution >= 0.6 is 0 Å². The zero-order chi connectivity index (χ0) is 93.7. The van der Waals surface area contributed by atoms with Crippen molar-refractivity contribution in [3.8, 4) is 44.5 Å². The van der Waals surface area contributed by atoms with Gasteiger partial charge in [-0.1, -0.05) is 201 Å². The van der Waals surface area contributed by atoms with Gasteiger partial charge in [0.1, 0.15) is 23.3 Å². The Balaban J connectivity index is 0.000000168. The number of halogens is 6. The summed E-state index contributed by atoms with van der Waals surface area (Å²) >= 11 is 0. The standard InChI is InChI=1S/C29H33FN2O2.C28H30F2N2O2.C27H29FN2O.C26H26F2N2O/c1-6-29(34)32(18-19(2)3)27-15-13-25(17-26(27)30)23-9-11-24(12-10-23)28(33)16-14-22-8-7-20(4)31-21(22)5;1-5-28(34)32(17-18(2)3)25-13-10-23(16-24(25)29)21-6-8-22(9-7-21)26(33)14-11-20-12-15-27(30)31-19(20)4;1-4-27(15-16-27)30(3)25-13-12-23(17-24(25)28)21-8-10-22(11-9-21)26(31)14-7-20-6-5-19(2)29-18-20;1-3-26(14-15-26)30(2)23-11-10-21(16-22(23)27)19-6-8-20(9-7-19)24(31)12-4-18-5-13-25(28)29-17-18/h7-13,15,17,19H,6,14,16,18H2,1-5H3;6-10,12-13,15-16,18H,5,11,14,17H2,1-4H3;5-6,8-13,17-18H,4,7,14-16H2,1-3H3;5-11,13,16-17H,3-4,12,14-15H2,1-2H3. The number of Topliss-reactive ketones (excluding diaryl/α,β-unsaturated/α-hetero) is 4. The molecule has 2 fully saturated rings. The summed E-state index contributed by atoms with van der Waals surface area (Å²) < 4.78 is 85.8. The minimum absolute atomic E-state index is 0.00771.